The number of benzene rings is 3. The number of rotatable bonds is 7. The van der Waals surface area contributed by atoms with Gasteiger partial charge in [-0.2, -0.15) is 0 Å². The Morgan fingerprint density at radius 2 is 1.65 bits per heavy atom. The number of hydrogen-bond donors (Lipinski definition) is 4. The summed E-state index contributed by atoms with van der Waals surface area (Å²) >= 11 is 6.16. The van der Waals surface area contributed by atoms with Crippen LogP contribution in [0.5, 0.6) is 0 Å². The Morgan fingerprint density at radius 1 is 0.900 bits per heavy atom. The van der Waals surface area contributed by atoms with Gasteiger partial charge in [0.2, 0.25) is 11.8 Å². The number of piperazine rings is 1. The third-order valence-electron chi connectivity index (χ3n) is 6.88. The average molecular weight is 559 g/mol. The van der Waals surface area contributed by atoms with Crippen LogP contribution in [-0.2, 0) is 14.4 Å². The zero-order chi connectivity index (χ0) is 28.2. The van der Waals surface area contributed by atoms with E-state index in [4.69, 9.17) is 11.6 Å². The fourth-order valence-electron chi connectivity index (χ4n) is 4.84. The van der Waals surface area contributed by atoms with Crippen LogP contribution in [0, 0.1) is 0 Å². The van der Waals surface area contributed by atoms with Crippen LogP contribution in [0.1, 0.15) is 18.1 Å². The molecule has 0 aromatic heterocycles. The molecule has 4 N–H and O–H groups in total. The van der Waals surface area contributed by atoms with Gasteiger partial charge < -0.3 is 26.2 Å². The molecule has 0 atom stereocenters. The lowest BCUT2D eigenvalue weighted by Gasteiger charge is -2.31. The van der Waals surface area contributed by atoms with Crippen LogP contribution in [0.2, 0.25) is 5.02 Å². The minimum Gasteiger partial charge on any atom is -0.354 e. The number of amides is 3. The van der Waals surface area contributed by atoms with Gasteiger partial charge in [-0.1, -0.05) is 48.0 Å². The molecule has 0 bridgehead atoms. The lowest BCUT2D eigenvalue weighted by atomic mass is 10.00. The number of hydrogen-bond acceptors (Lipinski definition) is 6. The van der Waals surface area contributed by atoms with Crippen molar-refractivity contribution in [1.82, 2.24) is 9.80 Å². The van der Waals surface area contributed by atoms with E-state index in [0.717, 1.165) is 37.3 Å². The van der Waals surface area contributed by atoms with Gasteiger partial charge in [-0.25, -0.2) is 0 Å². The number of carbonyl (C=O) groups is 3. The lowest BCUT2D eigenvalue weighted by molar-refractivity contribution is -0.118. The Labute approximate surface area is 238 Å². The highest BCUT2D eigenvalue weighted by Gasteiger charge is 2.29. The number of halogens is 1. The van der Waals surface area contributed by atoms with E-state index < -0.39 is 0 Å². The van der Waals surface area contributed by atoms with Crippen molar-refractivity contribution in [3.8, 4) is 0 Å². The summed E-state index contributed by atoms with van der Waals surface area (Å²) in [7, 11) is 2.07. The first-order chi connectivity index (χ1) is 19.3. The van der Waals surface area contributed by atoms with Crippen LogP contribution < -0.4 is 21.3 Å². The minimum atomic E-state index is -0.269. The van der Waals surface area contributed by atoms with Crippen LogP contribution in [0.4, 0.5) is 22.7 Å². The van der Waals surface area contributed by atoms with Crippen LogP contribution in [-0.4, -0.2) is 67.3 Å². The topological polar surface area (TPSA) is 106 Å². The molecule has 206 valence electrons. The quantitative estimate of drug-likeness (QED) is 0.320. The summed E-state index contributed by atoms with van der Waals surface area (Å²) in [5, 5.41) is 12.6. The van der Waals surface area contributed by atoms with Crippen molar-refractivity contribution in [3.63, 3.8) is 0 Å². The van der Waals surface area contributed by atoms with Crippen molar-refractivity contribution in [2.24, 2.45) is 0 Å². The second-order valence-electron chi connectivity index (χ2n) is 9.95. The number of anilines is 4. The van der Waals surface area contributed by atoms with Gasteiger partial charge in [0.1, 0.15) is 0 Å². The van der Waals surface area contributed by atoms with Crippen molar-refractivity contribution in [2.45, 2.75) is 6.92 Å². The fourth-order valence-corrected chi connectivity index (χ4v) is 5.02. The third kappa shape index (κ3) is 6.34. The molecule has 1 saturated heterocycles. The van der Waals surface area contributed by atoms with Crippen molar-refractivity contribution in [1.29, 1.82) is 0 Å². The van der Waals surface area contributed by atoms with E-state index in [9.17, 15) is 14.4 Å². The van der Waals surface area contributed by atoms with Gasteiger partial charge in [0.15, 0.2) is 0 Å². The SMILES string of the molecule is CC(=O)Nc1cc(N/C(=C2\C(=O)Nc3cc(Cl)ccc32)c2ccccc2)ccc1NC(=O)CN1CCN(C)CC1. The van der Waals surface area contributed by atoms with E-state index in [0.29, 0.717) is 39.0 Å². The highest BCUT2D eigenvalue weighted by molar-refractivity contribution is 6.38. The van der Waals surface area contributed by atoms with E-state index in [1.165, 1.54) is 6.92 Å². The highest BCUT2D eigenvalue weighted by Crippen LogP contribution is 2.39. The molecule has 3 aromatic rings. The number of likely N-dealkylation sites (N-methyl/N-ethyl adjacent to an activating group) is 1. The maximum absolute atomic E-state index is 13.2. The molecular formula is C30H31ClN6O3. The number of fused-ring (bicyclic) bond motifs is 1. The maximum atomic E-state index is 13.2. The first kappa shape index (κ1) is 27.4. The molecule has 10 heteroatoms. The second kappa shape index (κ2) is 11.9. The van der Waals surface area contributed by atoms with Crippen molar-refractivity contribution < 1.29 is 14.4 Å². The summed E-state index contributed by atoms with van der Waals surface area (Å²) in [6, 6.07) is 20.1. The molecule has 40 heavy (non-hydrogen) atoms. The van der Waals surface area contributed by atoms with Crippen LogP contribution in [0.3, 0.4) is 0 Å². The molecule has 3 amide bonds. The summed E-state index contributed by atoms with van der Waals surface area (Å²) < 4.78 is 0. The molecule has 5 rings (SSSR count). The molecule has 9 nitrogen and oxygen atoms in total. The largest absolute Gasteiger partial charge is 0.354 e. The average Bonchev–Trinajstić information content (AvgIpc) is 3.24. The Morgan fingerprint density at radius 3 is 2.38 bits per heavy atom. The Bertz CT molecular complexity index is 1480. The zero-order valence-electron chi connectivity index (χ0n) is 22.4. The summed E-state index contributed by atoms with van der Waals surface area (Å²) in [5.41, 5.74) is 4.82. The van der Waals surface area contributed by atoms with Gasteiger partial charge in [-0.3, -0.25) is 19.3 Å². The standard InChI is InChI=1S/C30H31ClN6O3/c1-19(38)32-26-17-22(9-11-24(26)34-27(39)18-37-14-12-36(2)13-15-37)33-29(20-6-4-3-5-7-20)28-23-10-8-21(31)16-25(23)35-30(28)40/h3-11,16-17,33H,12-15,18H2,1-2H3,(H,32,38)(H,34,39)(H,35,40)/b29-28-. The summed E-state index contributed by atoms with van der Waals surface area (Å²) in [5.74, 6) is -0.672. The second-order valence-corrected chi connectivity index (χ2v) is 10.4. The smallest absolute Gasteiger partial charge is 0.258 e. The first-order valence-corrected chi connectivity index (χ1v) is 13.4. The predicted molar refractivity (Wildman–Crippen MR) is 160 cm³/mol. The Kier molecular flexibility index (Phi) is 8.16. The molecule has 0 unspecified atom stereocenters. The van der Waals surface area contributed by atoms with E-state index in [-0.39, 0.29) is 24.3 Å². The molecular weight excluding hydrogens is 528 g/mol. The normalized spacial score (nSPS) is 16.6. The van der Waals surface area contributed by atoms with Crippen LogP contribution in [0.15, 0.2) is 66.7 Å². The monoisotopic (exact) mass is 558 g/mol. The Hall–Kier alpha value is -4.18. The number of nitrogens with one attached hydrogen (secondary N) is 4. The molecule has 2 aliphatic rings. The number of nitrogens with zero attached hydrogens (tertiary/aromatic N) is 2. The Balaban J connectivity index is 1.45. The van der Waals surface area contributed by atoms with E-state index in [1.54, 1.807) is 30.3 Å². The highest BCUT2D eigenvalue weighted by atomic mass is 35.5. The summed E-state index contributed by atoms with van der Waals surface area (Å²) in [4.78, 5) is 42.4. The van der Waals surface area contributed by atoms with Crippen molar-refractivity contribution >= 4 is 63.3 Å². The molecule has 0 spiro atoms. The molecule has 2 heterocycles. The molecule has 0 radical (unpaired) electrons. The minimum absolute atomic E-state index is 0.151. The van der Waals surface area contributed by atoms with Crippen molar-refractivity contribution in [3.05, 3.63) is 82.9 Å². The predicted octanol–water partition coefficient (Wildman–Crippen LogP) is 4.42. The van der Waals surface area contributed by atoms with Crippen molar-refractivity contribution in [2.75, 3.05) is 61.0 Å². The summed E-state index contributed by atoms with van der Waals surface area (Å²) in [6.45, 7) is 5.17. The van der Waals surface area contributed by atoms with Crippen LogP contribution >= 0.6 is 11.6 Å². The van der Waals surface area contributed by atoms with Gasteiger partial charge >= 0.3 is 0 Å². The van der Waals surface area contributed by atoms with Gasteiger partial charge in [0.25, 0.3) is 5.91 Å². The molecule has 0 saturated carbocycles. The fraction of sp³-hybridized carbons (Fsp3) is 0.233. The molecule has 2 aliphatic heterocycles. The maximum Gasteiger partial charge on any atom is 0.258 e. The van der Waals surface area contributed by atoms with Crippen LogP contribution in [0.25, 0.3) is 11.3 Å². The van der Waals surface area contributed by atoms with E-state index in [1.807, 2.05) is 36.4 Å². The first-order valence-electron chi connectivity index (χ1n) is 13.1. The van der Waals surface area contributed by atoms with E-state index >= 15 is 0 Å². The molecule has 0 aliphatic carbocycles. The molecule has 1 fully saturated rings. The summed E-state index contributed by atoms with van der Waals surface area (Å²) in [6.07, 6.45) is 0. The van der Waals surface area contributed by atoms with Gasteiger partial charge in [-0.05, 0) is 42.9 Å². The van der Waals surface area contributed by atoms with E-state index in [2.05, 4.69) is 38.1 Å². The number of carbonyl (C=O) groups excluding carboxylic acids is 3. The molecule has 3 aromatic carbocycles. The van der Waals surface area contributed by atoms with Gasteiger partial charge in [-0.15, -0.1) is 0 Å². The lowest BCUT2D eigenvalue weighted by Crippen LogP contribution is -2.47. The van der Waals surface area contributed by atoms with Gasteiger partial charge in [0.05, 0.1) is 34.9 Å². The van der Waals surface area contributed by atoms with Gasteiger partial charge in [0, 0.05) is 49.4 Å². The third-order valence-corrected chi connectivity index (χ3v) is 7.11. The zero-order valence-corrected chi connectivity index (χ0v) is 23.1.